The predicted molar refractivity (Wildman–Crippen MR) is 85.1 cm³/mol. The molecule has 3 N–H and O–H groups in total. The fraction of sp³-hybridized carbons (Fsp3) is 0.188. The Labute approximate surface area is 136 Å². The van der Waals surface area contributed by atoms with Gasteiger partial charge < -0.3 is 20.5 Å². The summed E-state index contributed by atoms with van der Waals surface area (Å²) in [6.07, 6.45) is -4.72. The molecule has 2 aromatic carbocycles. The Bertz CT molecular complexity index is 700. The Hall–Kier alpha value is -2.90. The number of guanidine groups is 1. The molecule has 0 spiro atoms. The number of nitrogens with two attached hydrogens (primary N) is 1. The Morgan fingerprint density at radius 3 is 2.42 bits per heavy atom. The molecule has 0 radical (unpaired) electrons. The van der Waals surface area contributed by atoms with Gasteiger partial charge in [-0.15, -0.1) is 13.2 Å². The van der Waals surface area contributed by atoms with Crippen molar-refractivity contribution in [3.63, 3.8) is 0 Å². The molecule has 0 fully saturated rings. The molecule has 0 saturated heterocycles. The monoisotopic (exact) mass is 339 g/mol. The molecule has 0 saturated carbocycles. The smallest absolute Gasteiger partial charge is 0.496 e. The molecule has 0 atom stereocenters. The third-order valence-electron chi connectivity index (χ3n) is 2.97. The van der Waals surface area contributed by atoms with Gasteiger partial charge in [0.2, 0.25) is 0 Å². The van der Waals surface area contributed by atoms with Crippen molar-refractivity contribution in [2.45, 2.75) is 12.9 Å². The minimum absolute atomic E-state index is 0.130. The van der Waals surface area contributed by atoms with Crippen LogP contribution in [0.2, 0.25) is 0 Å². The van der Waals surface area contributed by atoms with Gasteiger partial charge in [0.05, 0.1) is 13.7 Å². The number of alkyl halides is 3. The van der Waals surface area contributed by atoms with Crippen molar-refractivity contribution >= 4 is 11.6 Å². The zero-order valence-corrected chi connectivity index (χ0v) is 12.8. The van der Waals surface area contributed by atoms with Crippen LogP contribution in [0.5, 0.6) is 11.5 Å². The molecule has 0 aliphatic rings. The molecule has 0 amide bonds. The van der Waals surface area contributed by atoms with Crippen molar-refractivity contribution in [3.05, 3.63) is 54.1 Å². The molecule has 0 unspecified atom stereocenters. The zero-order valence-electron chi connectivity index (χ0n) is 12.8. The van der Waals surface area contributed by atoms with E-state index >= 15 is 0 Å². The van der Waals surface area contributed by atoms with Gasteiger partial charge in [0, 0.05) is 11.3 Å². The van der Waals surface area contributed by atoms with Crippen molar-refractivity contribution < 1.29 is 22.6 Å². The second kappa shape index (κ2) is 7.58. The fourth-order valence-corrected chi connectivity index (χ4v) is 1.93. The number of ether oxygens (including phenoxy) is 2. The number of halogens is 3. The molecule has 0 heterocycles. The topological polar surface area (TPSA) is 68.9 Å². The van der Waals surface area contributed by atoms with Crippen molar-refractivity contribution in [1.82, 2.24) is 0 Å². The number of para-hydroxylation sites is 1. The first-order chi connectivity index (χ1) is 11.4. The van der Waals surface area contributed by atoms with Crippen LogP contribution in [-0.2, 0) is 6.54 Å². The highest BCUT2D eigenvalue weighted by molar-refractivity contribution is 5.92. The number of anilines is 1. The van der Waals surface area contributed by atoms with E-state index in [0.29, 0.717) is 18.0 Å². The summed E-state index contributed by atoms with van der Waals surface area (Å²) in [5.74, 6) is 0.519. The molecule has 24 heavy (non-hydrogen) atoms. The average Bonchev–Trinajstić information content (AvgIpc) is 2.53. The molecule has 128 valence electrons. The molecule has 0 aromatic heterocycles. The first-order valence-corrected chi connectivity index (χ1v) is 6.92. The highest BCUT2D eigenvalue weighted by Crippen LogP contribution is 2.24. The summed E-state index contributed by atoms with van der Waals surface area (Å²) in [5.41, 5.74) is 7.12. The number of aliphatic imine (C=N–C) groups is 1. The zero-order chi connectivity index (χ0) is 17.6. The van der Waals surface area contributed by atoms with Gasteiger partial charge in [-0.1, -0.05) is 18.2 Å². The number of nitrogens with one attached hydrogen (secondary N) is 1. The van der Waals surface area contributed by atoms with E-state index in [4.69, 9.17) is 10.5 Å². The summed E-state index contributed by atoms with van der Waals surface area (Å²) in [4.78, 5) is 4.17. The lowest BCUT2D eigenvalue weighted by atomic mass is 10.2. The van der Waals surface area contributed by atoms with E-state index < -0.39 is 6.36 Å². The van der Waals surface area contributed by atoms with Crippen LogP contribution in [0.3, 0.4) is 0 Å². The number of rotatable bonds is 5. The van der Waals surface area contributed by atoms with Gasteiger partial charge in [-0.2, -0.15) is 0 Å². The third kappa shape index (κ3) is 5.38. The van der Waals surface area contributed by atoms with E-state index in [0.717, 1.165) is 5.56 Å². The minimum atomic E-state index is -4.72. The first kappa shape index (κ1) is 17.5. The van der Waals surface area contributed by atoms with Crippen LogP contribution in [0.4, 0.5) is 18.9 Å². The van der Waals surface area contributed by atoms with Gasteiger partial charge in [-0.3, -0.25) is 0 Å². The maximum Gasteiger partial charge on any atom is 0.573 e. The van der Waals surface area contributed by atoms with E-state index in [-0.39, 0.29) is 11.7 Å². The quantitative estimate of drug-likeness (QED) is 0.646. The highest BCUT2D eigenvalue weighted by atomic mass is 19.4. The van der Waals surface area contributed by atoms with E-state index in [1.54, 1.807) is 7.11 Å². The second-order valence-corrected chi connectivity index (χ2v) is 4.71. The molecular formula is C16H16F3N3O2. The second-order valence-electron chi connectivity index (χ2n) is 4.71. The van der Waals surface area contributed by atoms with Gasteiger partial charge >= 0.3 is 6.36 Å². The van der Waals surface area contributed by atoms with Crippen LogP contribution in [0.25, 0.3) is 0 Å². The Morgan fingerprint density at radius 2 is 1.79 bits per heavy atom. The van der Waals surface area contributed by atoms with E-state index in [1.165, 1.54) is 24.3 Å². The number of hydrogen-bond acceptors (Lipinski definition) is 3. The summed E-state index contributed by atoms with van der Waals surface area (Å²) >= 11 is 0. The Balaban J connectivity index is 1.97. The van der Waals surface area contributed by atoms with Gasteiger partial charge in [-0.25, -0.2) is 4.99 Å². The number of nitrogens with zero attached hydrogens (tertiary/aromatic N) is 1. The summed E-state index contributed by atoms with van der Waals surface area (Å²) in [6, 6.07) is 12.6. The van der Waals surface area contributed by atoms with Gasteiger partial charge in [0.15, 0.2) is 5.96 Å². The lowest BCUT2D eigenvalue weighted by Gasteiger charge is -2.10. The van der Waals surface area contributed by atoms with Crippen molar-refractivity contribution in [1.29, 1.82) is 0 Å². The average molecular weight is 339 g/mol. The lowest BCUT2D eigenvalue weighted by Crippen LogP contribution is -2.22. The summed E-state index contributed by atoms with van der Waals surface area (Å²) < 4.78 is 45.3. The number of hydrogen-bond donors (Lipinski definition) is 2. The van der Waals surface area contributed by atoms with Crippen LogP contribution >= 0.6 is 0 Å². The third-order valence-corrected chi connectivity index (χ3v) is 2.97. The SMILES string of the molecule is COc1ccccc1CN=C(N)Nc1ccc(OC(F)(F)F)cc1. The summed E-state index contributed by atoms with van der Waals surface area (Å²) in [6.45, 7) is 0.304. The van der Waals surface area contributed by atoms with Crippen LogP contribution in [0, 0.1) is 0 Å². The highest BCUT2D eigenvalue weighted by Gasteiger charge is 2.30. The minimum Gasteiger partial charge on any atom is -0.496 e. The molecule has 0 bridgehead atoms. The molecule has 0 aliphatic heterocycles. The van der Waals surface area contributed by atoms with Gasteiger partial charge in [0.1, 0.15) is 11.5 Å². The van der Waals surface area contributed by atoms with Crippen LogP contribution in [0.15, 0.2) is 53.5 Å². The fourth-order valence-electron chi connectivity index (χ4n) is 1.93. The van der Waals surface area contributed by atoms with E-state index in [1.807, 2.05) is 24.3 Å². The first-order valence-electron chi connectivity index (χ1n) is 6.92. The number of methoxy groups -OCH3 is 1. The molecule has 2 aromatic rings. The molecular weight excluding hydrogens is 323 g/mol. The Kier molecular flexibility index (Phi) is 5.51. The lowest BCUT2D eigenvalue weighted by molar-refractivity contribution is -0.274. The summed E-state index contributed by atoms with van der Waals surface area (Å²) in [7, 11) is 1.56. The van der Waals surface area contributed by atoms with E-state index in [9.17, 15) is 13.2 Å². The van der Waals surface area contributed by atoms with Crippen molar-refractivity contribution in [2.75, 3.05) is 12.4 Å². The standard InChI is InChI=1S/C16H16F3N3O2/c1-23-14-5-3-2-4-11(14)10-21-15(20)22-12-6-8-13(9-7-12)24-16(17,18)19/h2-9H,10H2,1H3,(H3,20,21,22). The normalized spacial score (nSPS) is 11.9. The number of benzene rings is 2. The predicted octanol–water partition coefficient (Wildman–Crippen LogP) is 3.52. The van der Waals surface area contributed by atoms with Crippen molar-refractivity contribution in [2.24, 2.45) is 10.7 Å². The molecule has 8 heteroatoms. The van der Waals surface area contributed by atoms with Crippen LogP contribution < -0.4 is 20.5 Å². The van der Waals surface area contributed by atoms with Crippen LogP contribution in [0.1, 0.15) is 5.56 Å². The maximum absolute atomic E-state index is 12.1. The van der Waals surface area contributed by atoms with E-state index in [2.05, 4.69) is 15.0 Å². The van der Waals surface area contributed by atoms with Crippen molar-refractivity contribution in [3.8, 4) is 11.5 Å². The maximum atomic E-state index is 12.1. The molecule has 0 aliphatic carbocycles. The largest absolute Gasteiger partial charge is 0.573 e. The van der Waals surface area contributed by atoms with Gasteiger partial charge in [-0.05, 0) is 30.3 Å². The molecule has 5 nitrogen and oxygen atoms in total. The van der Waals surface area contributed by atoms with Crippen LogP contribution in [-0.4, -0.2) is 19.4 Å². The molecule has 2 rings (SSSR count). The summed E-state index contributed by atoms with van der Waals surface area (Å²) in [5, 5.41) is 2.79. The Morgan fingerprint density at radius 1 is 1.12 bits per heavy atom. The van der Waals surface area contributed by atoms with Gasteiger partial charge in [0.25, 0.3) is 0 Å².